The van der Waals surface area contributed by atoms with Crippen molar-refractivity contribution in [3.63, 3.8) is 0 Å². The summed E-state index contributed by atoms with van der Waals surface area (Å²) in [5.41, 5.74) is 1.28. The quantitative estimate of drug-likeness (QED) is 0.725. The molecule has 4 nitrogen and oxygen atoms in total. The van der Waals surface area contributed by atoms with Crippen LogP contribution >= 0.6 is 11.3 Å². The molecule has 2 N–H and O–H groups in total. The predicted molar refractivity (Wildman–Crippen MR) is 87.9 cm³/mol. The van der Waals surface area contributed by atoms with Crippen molar-refractivity contribution in [2.75, 3.05) is 13.1 Å². The van der Waals surface area contributed by atoms with E-state index in [1.165, 1.54) is 10.4 Å². The molecule has 0 atom stereocenters. The van der Waals surface area contributed by atoms with E-state index in [1.807, 2.05) is 19.9 Å². The van der Waals surface area contributed by atoms with Gasteiger partial charge in [-0.2, -0.15) is 0 Å². The lowest BCUT2D eigenvalue weighted by Crippen LogP contribution is -2.36. The molecule has 0 unspecified atom stereocenters. The largest absolute Gasteiger partial charge is 0.354 e. The van der Waals surface area contributed by atoms with Crippen molar-refractivity contribution in [3.8, 4) is 0 Å². The average Bonchev–Trinajstić information content (AvgIpc) is 2.86. The van der Waals surface area contributed by atoms with Gasteiger partial charge in [0, 0.05) is 23.9 Å². The van der Waals surface area contributed by atoms with Crippen molar-refractivity contribution < 1.29 is 9.59 Å². The summed E-state index contributed by atoms with van der Waals surface area (Å²) in [6, 6.07) is 2.00. The second-order valence-corrected chi connectivity index (χ2v) is 6.50. The number of carbonyl (C=O) groups excluding carboxylic acids is 2. The molecule has 0 aromatic carbocycles. The summed E-state index contributed by atoms with van der Waals surface area (Å²) < 4.78 is 0. The molecule has 0 aliphatic rings. The molecule has 0 bridgehead atoms. The highest BCUT2D eigenvalue weighted by Crippen LogP contribution is 2.24. The van der Waals surface area contributed by atoms with E-state index in [4.69, 9.17) is 0 Å². The van der Waals surface area contributed by atoms with Gasteiger partial charge in [0.1, 0.15) is 0 Å². The summed E-state index contributed by atoms with van der Waals surface area (Å²) in [6.07, 6.45) is 3.09. The van der Waals surface area contributed by atoms with Gasteiger partial charge < -0.3 is 10.6 Å². The highest BCUT2D eigenvalue weighted by atomic mass is 32.1. The molecule has 0 aliphatic carbocycles. The van der Waals surface area contributed by atoms with Crippen LogP contribution in [0.3, 0.4) is 0 Å². The zero-order valence-corrected chi connectivity index (χ0v) is 14.2. The van der Waals surface area contributed by atoms with E-state index in [2.05, 4.69) is 24.5 Å². The molecular formula is C16H26N2O2S. The van der Waals surface area contributed by atoms with E-state index in [0.29, 0.717) is 13.1 Å². The fraction of sp³-hybridized carbons (Fsp3) is 0.625. The van der Waals surface area contributed by atoms with Gasteiger partial charge >= 0.3 is 0 Å². The number of nitrogens with one attached hydrogen (secondary N) is 2. The summed E-state index contributed by atoms with van der Waals surface area (Å²) >= 11 is 1.59. The molecule has 21 heavy (non-hydrogen) atoms. The van der Waals surface area contributed by atoms with Crippen LogP contribution in [0.15, 0.2) is 6.07 Å². The third-order valence-electron chi connectivity index (χ3n) is 3.21. The molecule has 0 radical (unpaired) electrons. The van der Waals surface area contributed by atoms with Crippen LogP contribution in [0.1, 0.15) is 54.2 Å². The van der Waals surface area contributed by atoms with Gasteiger partial charge in [-0.15, -0.1) is 11.3 Å². The monoisotopic (exact) mass is 310 g/mol. The number of carbonyl (C=O) groups is 2. The summed E-state index contributed by atoms with van der Waals surface area (Å²) in [6.45, 7) is 8.89. The van der Waals surface area contributed by atoms with Crippen molar-refractivity contribution in [3.05, 3.63) is 21.4 Å². The van der Waals surface area contributed by atoms with Gasteiger partial charge in [-0.1, -0.05) is 34.1 Å². The number of hydrogen-bond donors (Lipinski definition) is 2. The average molecular weight is 310 g/mol. The van der Waals surface area contributed by atoms with Gasteiger partial charge in [-0.05, 0) is 24.5 Å². The van der Waals surface area contributed by atoms with Crippen molar-refractivity contribution in [2.45, 2.75) is 47.0 Å². The topological polar surface area (TPSA) is 58.2 Å². The van der Waals surface area contributed by atoms with E-state index in [-0.39, 0.29) is 17.7 Å². The Morgan fingerprint density at radius 1 is 1.19 bits per heavy atom. The molecule has 0 spiro atoms. The lowest BCUT2D eigenvalue weighted by molar-refractivity contribution is -0.123. The Hall–Kier alpha value is -1.36. The van der Waals surface area contributed by atoms with Crippen LogP contribution in [0, 0.1) is 5.92 Å². The zero-order valence-electron chi connectivity index (χ0n) is 13.4. The highest BCUT2D eigenvalue weighted by Gasteiger charge is 2.13. The minimum atomic E-state index is -0.0455. The van der Waals surface area contributed by atoms with Gasteiger partial charge in [0.05, 0.1) is 4.88 Å². The highest BCUT2D eigenvalue weighted by molar-refractivity contribution is 7.14. The fourth-order valence-corrected chi connectivity index (χ4v) is 3.24. The molecule has 0 aliphatic heterocycles. The molecule has 5 heteroatoms. The number of thiophene rings is 1. The molecule has 1 heterocycles. The Labute approximate surface area is 131 Å². The van der Waals surface area contributed by atoms with E-state index in [1.54, 1.807) is 11.3 Å². The maximum Gasteiger partial charge on any atom is 0.261 e. The third-order valence-corrected chi connectivity index (χ3v) is 4.45. The first-order valence-electron chi connectivity index (χ1n) is 7.67. The van der Waals surface area contributed by atoms with Crippen LogP contribution < -0.4 is 10.6 Å². The first-order chi connectivity index (χ1) is 9.99. The van der Waals surface area contributed by atoms with Crippen LogP contribution in [0.2, 0.25) is 0 Å². The van der Waals surface area contributed by atoms with Gasteiger partial charge in [-0.25, -0.2) is 0 Å². The molecule has 0 fully saturated rings. The van der Waals surface area contributed by atoms with E-state index >= 15 is 0 Å². The Morgan fingerprint density at radius 3 is 2.43 bits per heavy atom. The predicted octanol–water partition coefficient (Wildman–Crippen LogP) is 2.77. The molecule has 0 saturated carbocycles. The summed E-state index contributed by atoms with van der Waals surface area (Å²) in [7, 11) is 0. The minimum absolute atomic E-state index is 0.0128. The Bertz CT molecular complexity index is 481. The summed E-state index contributed by atoms with van der Waals surface area (Å²) in [4.78, 5) is 25.6. The Kier molecular flexibility index (Phi) is 7.43. The number of aryl methyl sites for hydroxylation is 2. The number of rotatable bonds is 8. The summed E-state index contributed by atoms with van der Waals surface area (Å²) in [5.74, 6) is -0.0589. The van der Waals surface area contributed by atoms with Gasteiger partial charge in [0.15, 0.2) is 0 Å². The van der Waals surface area contributed by atoms with Crippen LogP contribution in [0.4, 0.5) is 0 Å². The van der Waals surface area contributed by atoms with E-state index < -0.39 is 0 Å². The number of amides is 2. The molecule has 0 saturated heterocycles. The first-order valence-corrected chi connectivity index (χ1v) is 8.48. The van der Waals surface area contributed by atoms with Crippen molar-refractivity contribution in [1.29, 1.82) is 0 Å². The van der Waals surface area contributed by atoms with Crippen LogP contribution in [-0.4, -0.2) is 24.9 Å². The maximum atomic E-state index is 12.1. The van der Waals surface area contributed by atoms with E-state index in [9.17, 15) is 9.59 Å². The van der Waals surface area contributed by atoms with Gasteiger partial charge in [-0.3, -0.25) is 9.59 Å². The van der Waals surface area contributed by atoms with Gasteiger partial charge in [0.2, 0.25) is 5.91 Å². The molecule has 118 valence electrons. The Morgan fingerprint density at radius 2 is 1.86 bits per heavy atom. The second kappa shape index (κ2) is 8.82. The smallest absolute Gasteiger partial charge is 0.261 e. The lowest BCUT2D eigenvalue weighted by Gasteiger charge is -2.08. The van der Waals surface area contributed by atoms with Crippen molar-refractivity contribution >= 4 is 23.2 Å². The third kappa shape index (κ3) is 5.50. The van der Waals surface area contributed by atoms with Gasteiger partial charge in [0.25, 0.3) is 5.91 Å². The second-order valence-electron chi connectivity index (χ2n) is 5.36. The van der Waals surface area contributed by atoms with E-state index in [0.717, 1.165) is 24.1 Å². The minimum Gasteiger partial charge on any atom is -0.354 e. The van der Waals surface area contributed by atoms with Crippen molar-refractivity contribution in [1.82, 2.24) is 10.6 Å². The maximum absolute atomic E-state index is 12.1. The summed E-state index contributed by atoms with van der Waals surface area (Å²) in [5, 5.41) is 5.64. The molecule has 1 aromatic heterocycles. The molecule has 1 aromatic rings. The molecule has 2 amide bonds. The molecular weight excluding hydrogens is 284 g/mol. The van der Waals surface area contributed by atoms with Crippen molar-refractivity contribution in [2.24, 2.45) is 5.92 Å². The van der Waals surface area contributed by atoms with Crippen LogP contribution in [0.25, 0.3) is 0 Å². The standard InChI is InChI=1S/C16H26N2O2S/c1-5-7-13-12(6-2)10-14(21-13)16(20)18-9-8-17-15(19)11(3)4/h10-11H,5-9H2,1-4H3,(H,17,19)(H,18,20). The SMILES string of the molecule is CCCc1sc(C(=O)NCCNC(=O)C(C)C)cc1CC. The van der Waals surface area contributed by atoms with Crippen LogP contribution in [0.5, 0.6) is 0 Å². The fourth-order valence-electron chi connectivity index (χ4n) is 1.97. The van der Waals surface area contributed by atoms with Crippen LogP contribution in [-0.2, 0) is 17.6 Å². The zero-order chi connectivity index (χ0) is 15.8. The normalized spacial score (nSPS) is 10.7. The number of hydrogen-bond acceptors (Lipinski definition) is 3. The Balaban J connectivity index is 2.47. The molecule has 1 rings (SSSR count). The first kappa shape index (κ1) is 17.7. The lowest BCUT2D eigenvalue weighted by atomic mass is 10.1.